The number of carbonyl (C=O) groups is 2. The quantitative estimate of drug-likeness (QED) is 0.756. The van der Waals surface area contributed by atoms with Gasteiger partial charge in [0, 0.05) is 40.9 Å². The average Bonchev–Trinajstić information content (AvgIpc) is 3.00. The molecule has 5 nitrogen and oxygen atoms in total. The van der Waals surface area contributed by atoms with Gasteiger partial charge in [0.05, 0.1) is 0 Å². The number of rotatable bonds is 4. The molecule has 0 aliphatic heterocycles. The first-order valence-electron chi connectivity index (χ1n) is 8.38. The van der Waals surface area contributed by atoms with Gasteiger partial charge in [-0.1, -0.05) is 0 Å². The molecule has 3 aromatic rings. The lowest BCUT2D eigenvalue weighted by Crippen LogP contribution is -2.17. The highest BCUT2D eigenvalue weighted by Crippen LogP contribution is 2.18. The lowest BCUT2D eigenvalue weighted by atomic mass is 10.1. The fourth-order valence-corrected chi connectivity index (χ4v) is 2.89. The molecule has 132 valence electrons. The number of carbonyl (C=O) groups excluding carboxylic acids is 2. The van der Waals surface area contributed by atoms with Crippen LogP contribution < -0.4 is 10.6 Å². The molecule has 0 fully saturated rings. The molecule has 2 aromatic carbocycles. The number of nitrogens with zero attached hydrogens (tertiary/aromatic N) is 1. The van der Waals surface area contributed by atoms with Gasteiger partial charge in [0.25, 0.3) is 11.8 Å². The predicted molar refractivity (Wildman–Crippen MR) is 103 cm³/mol. The van der Waals surface area contributed by atoms with E-state index in [1.54, 1.807) is 31.3 Å². The van der Waals surface area contributed by atoms with E-state index >= 15 is 0 Å². The maximum Gasteiger partial charge on any atom is 0.255 e. The summed E-state index contributed by atoms with van der Waals surface area (Å²) in [7, 11) is 1.58. The van der Waals surface area contributed by atoms with Gasteiger partial charge in [0.15, 0.2) is 0 Å². The van der Waals surface area contributed by atoms with Gasteiger partial charge in [0.2, 0.25) is 0 Å². The number of hydrogen-bond donors (Lipinski definition) is 2. The number of amides is 2. The predicted octanol–water partition coefficient (Wildman–Crippen LogP) is 3.71. The normalized spacial score (nSPS) is 10.4. The Morgan fingerprint density at radius 3 is 1.77 bits per heavy atom. The topological polar surface area (TPSA) is 63.1 Å². The largest absolute Gasteiger partial charge is 0.355 e. The third-order valence-corrected chi connectivity index (χ3v) is 4.29. The second kappa shape index (κ2) is 7.27. The summed E-state index contributed by atoms with van der Waals surface area (Å²) < 4.78 is 2.14. The highest BCUT2D eigenvalue weighted by Gasteiger charge is 2.09. The van der Waals surface area contributed by atoms with Crippen LogP contribution in [-0.4, -0.2) is 23.4 Å². The summed E-state index contributed by atoms with van der Waals surface area (Å²) in [6.45, 7) is 4.10. The molecule has 1 aromatic heterocycles. The first kappa shape index (κ1) is 17.5. The molecular weight excluding hydrogens is 326 g/mol. The summed E-state index contributed by atoms with van der Waals surface area (Å²) in [4.78, 5) is 24.0. The van der Waals surface area contributed by atoms with Gasteiger partial charge in [-0.15, -0.1) is 0 Å². The summed E-state index contributed by atoms with van der Waals surface area (Å²) in [5.74, 6) is -0.348. The van der Waals surface area contributed by atoms with Crippen LogP contribution >= 0.6 is 0 Å². The van der Waals surface area contributed by atoms with Crippen molar-refractivity contribution in [1.29, 1.82) is 0 Å². The lowest BCUT2D eigenvalue weighted by Gasteiger charge is -2.11. The Bertz CT molecular complexity index is 919. The number of hydrogen-bond acceptors (Lipinski definition) is 2. The van der Waals surface area contributed by atoms with Crippen molar-refractivity contribution < 1.29 is 9.59 Å². The van der Waals surface area contributed by atoms with Crippen LogP contribution in [0.15, 0.2) is 60.7 Å². The SMILES string of the molecule is CNC(=O)c1ccc(NC(=O)c2ccc(-n3c(C)ccc3C)cc2)cc1. The number of nitrogens with one attached hydrogen (secondary N) is 2. The standard InChI is InChI=1S/C21H21N3O2/c1-14-4-5-15(2)24(14)19-12-8-17(9-13-19)21(26)23-18-10-6-16(7-11-18)20(25)22-3/h4-13H,1-3H3,(H,22,25)(H,23,26). The van der Waals surface area contributed by atoms with Gasteiger partial charge in [-0.3, -0.25) is 9.59 Å². The second-order valence-electron chi connectivity index (χ2n) is 6.11. The summed E-state index contributed by atoms with van der Waals surface area (Å²) in [5.41, 5.74) is 5.09. The molecule has 0 radical (unpaired) electrons. The Morgan fingerprint density at radius 2 is 1.23 bits per heavy atom. The molecule has 2 N–H and O–H groups in total. The van der Waals surface area contributed by atoms with Gasteiger partial charge >= 0.3 is 0 Å². The first-order chi connectivity index (χ1) is 12.5. The van der Waals surface area contributed by atoms with E-state index in [-0.39, 0.29) is 11.8 Å². The van der Waals surface area contributed by atoms with E-state index < -0.39 is 0 Å². The molecule has 2 amide bonds. The number of anilines is 1. The molecule has 0 bridgehead atoms. The van der Waals surface area contributed by atoms with Crippen molar-refractivity contribution in [2.45, 2.75) is 13.8 Å². The smallest absolute Gasteiger partial charge is 0.255 e. The Labute approximate surface area is 152 Å². The Morgan fingerprint density at radius 1 is 0.731 bits per heavy atom. The summed E-state index contributed by atoms with van der Waals surface area (Å²) >= 11 is 0. The van der Waals surface area contributed by atoms with Crippen molar-refractivity contribution in [3.8, 4) is 5.69 Å². The van der Waals surface area contributed by atoms with Gasteiger partial charge in [-0.25, -0.2) is 0 Å². The molecule has 0 saturated heterocycles. The van der Waals surface area contributed by atoms with Crippen molar-refractivity contribution in [1.82, 2.24) is 9.88 Å². The molecule has 1 heterocycles. The molecule has 0 atom stereocenters. The van der Waals surface area contributed by atoms with E-state index in [1.165, 1.54) is 0 Å². The summed E-state index contributed by atoms with van der Waals surface area (Å²) in [6.07, 6.45) is 0. The molecule has 5 heteroatoms. The zero-order chi connectivity index (χ0) is 18.7. The van der Waals surface area contributed by atoms with Crippen molar-refractivity contribution >= 4 is 17.5 Å². The van der Waals surface area contributed by atoms with E-state index in [9.17, 15) is 9.59 Å². The van der Waals surface area contributed by atoms with Gasteiger partial charge in [0.1, 0.15) is 0 Å². The fraction of sp³-hybridized carbons (Fsp3) is 0.143. The highest BCUT2D eigenvalue weighted by molar-refractivity contribution is 6.04. The van der Waals surface area contributed by atoms with Crippen molar-refractivity contribution in [2.24, 2.45) is 0 Å². The molecule has 3 rings (SSSR count). The molecule has 26 heavy (non-hydrogen) atoms. The third kappa shape index (κ3) is 3.52. The minimum Gasteiger partial charge on any atom is -0.355 e. The third-order valence-electron chi connectivity index (χ3n) is 4.29. The Kier molecular flexibility index (Phi) is 4.89. The molecule has 0 spiro atoms. The molecule has 0 saturated carbocycles. The molecule has 0 unspecified atom stereocenters. The second-order valence-corrected chi connectivity index (χ2v) is 6.11. The molecule has 0 aliphatic rings. The maximum atomic E-state index is 12.4. The van der Waals surface area contributed by atoms with E-state index in [1.807, 2.05) is 24.3 Å². The van der Waals surface area contributed by atoms with E-state index in [0.29, 0.717) is 16.8 Å². The number of benzene rings is 2. The van der Waals surface area contributed by atoms with Crippen LogP contribution in [0, 0.1) is 13.8 Å². The Balaban J connectivity index is 1.73. The monoisotopic (exact) mass is 347 g/mol. The molecular formula is C21H21N3O2. The number of aromatic nitrogens is 1. The zero-order valence-corrected chi connectivity index (χ0v) is 15.0. The van der Waals surface area contributed by atoms with Crippen LogP contribution in [0.3, 0.4) is 0 Å². The Hall–Kier alpha value is -3.34. The van der Waals surface area contributed by atoms with E-state index in [0.717, 1.165) is 17.1 Å². The number of aryl methyl sites for hydroxylation is 2. The zero-order valence-electron chi connectivity index (χ0n) is 15.0. The van der Waals surface area contributed by atoms with Crippen LogP contribution in [0.1, 0.15) is 32.1 Å². The van der Waals surface area contributed by atoms with Crippen LogP contribution in [0.25, 0.3) is 5.69 Å². The fourth-order valence-electron chi connectivity index (χ4n) is 2.89. The van der Waals surface area contributed by atoms with E-state index in [2.05, 4.69) is 41.2 Å². The molecule has 0 aliphatic carbocycles. The van der Waals surface area contributed by atoms with Gasteiger partial charge in [-0.2, -0.15) is 0 Å². The van der Waals surface area contributed by atoms with E-state index in [4.69, 9.17) is 0 Å². The minimum atomic E-state index is -0.190. The van der Waals surface area contributed by atoms with Crippen LogP contribution in [0.5, 0.6) is 0 Å². The van der Waals surface area contributed by atoms with Gasteiger partial charge in [-0.05, 0) is 74.5 Å². The minimum absolute atomic E-state index is 0.158. The summed E-state index contributed by atoms with van der Waals surface area (Å²) in [6, 6.07) is 18.4. The first-order valence-corrected chi connectivity index (χ1v) is 8.38. The van der Waals surface area contributed by atoms with Crippen molar-refractivity contribution in [3.05, 3.63) is 83.2 Å². The maximum absolute atomic E-state index is 12.4. The van der Waals surface area contributed by atoms with Crippen molar-refractivity contribution in [2.75, 3.05) is 12.4 Å². The van der Waals surface area contributed by atoms with Gasteiger partial charge < -0.3 is 15.2 Å². The average molecular weight is 347 g/mol. The van der Waals surface area contributed by atoms with Crippen molar-refractivity contribution in [3.63, 3.8) is 0 Å². The summed E-state index contributed by atoms with van der Waals surface area (Å²) in [5, 5.41) is 5.41. The highest BCUT2D eigenvalue weighted by atomic mass is 16.2. The van der Waals surface area contributed by atoms with Crippen LogP contribution in [-0.2, 0) is 0 Å². The van der Waals surface area contributed by atoms with Crippen LogP contribution in [0.4, 0.5) is 5.69 Å². The van der Waals surface area contributed by atoms with Crippen LogP contribution in [0.2, 0.25) is 0 Å². The lowest BCUT2D eigenvalue weighted by molar-refractivity contribution is 0.0962.